The number of hydrogen-bond acceptors (Lipinski definition) is 3. The third-order valence-corrected chi connectivity index (χ3v) is 4.15. The van der Waals surface area contributed by atoms with E-state index in [0.717, 1.165) is 11.1 Å². The summed E-state index contributed by atoms with van der Waals surface area (Å²) in [4.78, 5) is 17.4. The third kappa shape index (κ3) is 2.98. The molecule has 4 nitrogen and oxygen atoms in total. The normalized spacial score (nSPS) is 11.1. The molecule has 0 aliphatic rings. The Hall–Kier alpha value is -1.88. The van der Waals surface area contributed by atoms with Crippen LogP contribution < -0.4 is 11.3 Å². The van der Waals surface area contributed by atoms with E-state index in [0.29, 0.717) is 39.9 Å². The number of benzene rings is 2. The number of hydrogen-bond donors (Lipinski definition) is 1. The molecule has 0 aliphatic heterocycles. The highest BCUT2D eigenvalue weighted by molar-refractivity contribution is 6.38. The third-order valence-electron chi connectivity index (χ3n) is 3.64. The zero-order valence-electron chi connectivity index (χ0n) is 12.5. The van der Waals surface area contributed by atoms with Crippen molar-refractivity contribution in [3.8, 4) is 11.4 Å². The van der Waals surface area contributed by atoms with Crippen molar-refractivity contribution >= 4 is 34.1 Å². The van der Waals surface area contributed by atoms with Gasteiger partial charge in [-0.3, -0.25) is 9.36 Å². The average molecular weight is 348 g/mol. The lowest BCUT2D eigenvalue weighted by atomic mass is 10.1. The Morgan fingerprint density at radius 2 is 1.87 bits per heavy atom. The van der Waals surface area contributed by atoms with Crippen LogP contribution in [0.5, 0.6) is 0 Å². The topological polar surface area (TPSA) is 60.9 Å². The van der Waals surface area contributed by atoms with Crippen molar-refractivity contribution in [1.82, 2.24) is 9.55 Å². The molecular formula is C17H15Cl2N3O. The van der Waals surface area contributed by atoms with Crippen molar-refractivity contribution in [2.24, 2.45) is 5.73 Å². The van der Waals surface area contributed by atoms with Crippen molar-refractivity contribution in [2.75, 3.05) is 6.54 Å². The molecule has 1 aromatic heterocycles. The lowest BCUT2D eigenvalue weighted by molar-refractivity contribution is 0.682. The van der Waals surface area contributed by atoms with Gasteiger partial charge in [0.15, 0.2) is 0 Å². The molecule has 0 aliphatic carbocycles. The molecule has 0 unspecified atom stereocenters. The monoisotopic (exact) mass is 347 g/mol. The predicted octanol–water partition coefficient (Wildman–Crippen LogP) is 3.64. The van der Waals surface area contributed by atoms with Gasteiger partial charge in [-0.2, -0.15) is 0 Å². The smallest absolute Gasteiger partial charge is 0.261 e. The molecule has 0 spiro atoms. The summed E-state index contributed by atoms with van der Waals surface area (Å²) in [5.74, 6) is 0.553. The van der Waals surface area contributed by atoms with Crippen LogP contribution >= 0.6 is 23.2 Å². The molecule has 0 saturated carbocycles. The van der Waals surface area contributed by atoms with E-state index in [2.05, 4.69) is 4.98 Å². The van der Waals surface area contributed by atoms with E-state index in [9.17, 15) is 4.79 Å². The Bertz CT molecular complexity index is 933. The lowest BCUT2D eigenvalue weighted by Gasteiger charge is -2.14. The predicted molar refractivity (Wildman–Crippen MR) is 95.3 cm³/mol. The first-order valence-corrected chi connectivity index (χ1v) is 7.93. The molecule has 1 heterocycles. The molecule has 0 atom stereocenters. The Labute approximate surface area is 143 Å². The highest BCUT2D eigenvalue weighted by Gasteiger charge is 2.15. The zero-order chi connectivity index (χ0) is 16.6. The van der Waals surface area contributed by atoms with Crippen LogP contribution in [0.2, 0.25) is 10.0 Å². The van der Waals surface area contributed by atoms with Crippen LogP contribution in [0.25, 0.3) is 22.3 Å². The second-order valence-electron chi connectivity index (χ2n) is 5.33. The van der Waals surface area contributed by atoms with Crippen LogP contribution in [0.4, 0.5) is 0 Å². The largest absolute Gasteiger partial charge is 0.329 e. The Morgan fingerprint density at radius 3 is 2.52 bits per heavy atom. The summed E-state index contributed by atoms with van der Waals surface area (Å²) in [6.45, 7) is 2.71. The first-order valence-electron chi connectivity index (χ1n) is 7.18. The zero-order valence-corrected chi connectivity index (χ0v) is 14.0. The summed E-state index contributed by atoms with van der Waals surface area (Å²) in [6, 6.07) is 11.0. The molecule has 2 N–H and O–H groups in total. The molecule has 6 heteroatoms. The fourth-order valence-electron chi connectivity index (χ4n) is 2.51. The maximum atomic E-state index is 12.8. The summed E-state index contributed by atoms with van der Waals surface area (Å²) in [5, 5.41) is 1.16. The van der Waals surface area contributed by atoms with Gasteiger partial charge in [-0.25, -0.2) is 4.98 Å². The van der Waals surface area contributed by atoms with E-state index in [1.165, 1.54) is 0 Å². The van der Waals surface area contributed by atoms with Crippen molar-refractivity contribution in [3.05, 3.63) is 62.4 Å². The maximum absolute atomic E-state index is 12.8. The lowest BCUT2D eigenvalue weighted by Crippen LogP contribution is -2.27. The van der Waals surface area contributed by atoms with E-state index < -0.39 is 0 Å². The van der Waals surface area contributed by atoms with Gasteiger partial charge in [0.1, 0.15) is 5.82 Å². The highest BCUT2D eigenvalue weighted by Crippen LogP contribution is 2.27. The average Bonchev–Trinajstić information content (AvgIpc) is 2.51. The van der Waals surface area contributed by atoms with Gasteiger partial charge in [0, 0.05) is 23.7 Å². The molecule has 0 amide bonds. The van der Waals surface area contributed by atoms with Crippen LogP contribution in [0, 0.1) is 6.92 Å². The van der Waals surface area contributed by atoms with E-state index in [4.69, 9.17) is 28.9 Å². The van der Waals surface area contributed by atoms with Gasteiger partial charge < -0.3 is 5.73 Å². The van der Waals surface area contributed by atoms with Gasteiger partial charge in [-0.1, -0.05) is 53.0 Å². The molecule has 0 saturated heterocycles. The molecule has 0 radical (unpaired) electrons. The summed E-state index contributed by atoms with van der Waals surface area (Å²) < 4.78 is 1.57. The molecule has 23 heavy (non-hydrogen) atoms. The van der Waals surface area contributed by atoms with E-state index >= 15 is 0 Å². The molecule has 118 valence electrons. The molecular weight excluding hydrogens is 333 g/mol. The fourth-order valence-corrected chi connectivity index (χ4v) is 3.05. The van der Waals surface area contributed by atoms with Crippen LogP contribution in [-0.4, -0.2) is 16.1 Å². The number of nitrogens with zero attached hydrogens (tertiary/aromatic N) is 2. The van der Waals surface area contributed by atoms with Gasteiger partial charge in [-0.05, 0) is 19.1 Å². The molecule has 2 aromatic carbocycles. The second-order valence-corrected chi connectivity index (χ2v) is 6.17. The van der Waals surface area contributed by atoms with Gasteiger partial charge in [-0.15, -0.1) is 0 Å². The maximum Gasteiger partial charge on any atom is 0.261 e. The van der Waals surface area contributed by atoms with Crippen LogP contribution in [0.3, 0.4) is 0 Å². The number of halogens is 2. The second kappa shape index (κ2) is 6.32. The number of nitrogens with two attached hydrogens (primary N) is 1. The standard InChI is InChI=1S/C17H15Cl2N3O/c1-10-2-4-11(5-3-10)16-21-15-13(8-12(18)9-14(15)19)17(23)22(16)7-6-20/h2-5,8-9H,6-7,20H2,1H3. The van der Waals surface area contributed by atoms with Crippen LogP contribution in [0.15, 0.2) is 41.2 Å². The summed E-state index contributed by atoms with van der Waals surface area (Å²) in [6.07, 6.45) is 0. The van der Waals surface area contributed by atoms with Gasteiger partial charge in [0.2, 0.25) is 0 Å². The Morgan fingerprint density at radius 1 is 1.17 bits per heavy atom. The van der Waals surface area contributed by atoms with Crippen molar-refractivity contribution in [2.45, 2.75) is 13.5 Å². The van der Waals surface area contributed by atoms with Gasteiger partial charge >= 0.3 is 0 Å². The van der Waals surface area contributed by atoms with E-state index in [-0.39, 0.29) is 5.56 Å². The van der Waals surface area contributed by atoms with Crippen molar-refractivity contribution in [1.29, 1.82) is 0 Å². The number of aromatic nitrogens is 2. The first-order chi connectivity index (χ1) is 11.0. The van der Waals surface area contributed by atoms with E-state index in [1.807, 2.05) is 31.2 Å². The summed E-state index contributed by atoms with van der Waals surface area (Å²) >= 11 is 12.2. The number of aryl methyl sites for hydroxylation is 1. The fraction of sp³-hybridized carbons (Fsp3) is 0.176. The van der Waals surface area contributed by atoms with Crippen LogP contribution in [-0.2, 0) is 6.54 Å². The molecule has 0 fully saturated rings. The number of fused-ring (bicyclic) bond motifs is 1. The first kappa shape index (κ1) is 16.0. The van der Waals surface area contributed by atoms with Crippen molar-refractivity contribution < 1.29 is 0 Å². The van der Waals surface area contributed by atoms with Gasteiger partial charge in [0.05, 0.1) is 15.9 Å². The van der Waals surface area contributed by atoms with E-state index in [1.54, 1.807) is 16.7 Å². The minimum absolute atomic E-state index is 0.194. The highest BCUT2D eigenvalue weighted by atomic mass is 35.5. The van der Waals surface area contributed by atoms with Gasteiger partial charge in [0.25, 0.3) is 5.56 Å². The SMILES string of the molecule is Cc1ccc(-c2nc3c(Cl)cc(Cl)cc3c(=O)n2CCN)cc1. The molecule has 3 aromatic rings. The molecule has 0 bridgehead atoms. The van der Waals surface area contributed by atoms with Crippen molar-refractivity contribution in [3.63, 3.8) is 0 Å². The quantitative estimate of drug-likeness (QED) is 0.786. The van der Waals surface area contributed by atoms with Crippen LogP contribution in [0.1, 0.15) is 5.56 Å². The Kier molecular flexibility index (Phi) is 4.39. The molecule has 3 rings (SSSR count). The summed E-state index contributed by atoms with van der Waals surface area (Å²) in [5.41, 5.74) is 7.89. The summed E-state index contributed by atoms with van der Waals surface area (Å²) in [7, 11) is 0. The number of rotatable bonds is 3. The minimum atomic E-state index is -0.194. The Balaban J connectivity index is 2.38. The minimum Gasteiger partial charge on any atom is -0.329 e.